The molecule has 3 rings (SSSR count). The Morgan fingerprint density at radius 1 is 1.42 bits per heavy atom. The van der Waals surface area contributed by atoms with Crippen LogP contribution in [-0.2, 0) is 22.4 Å². The van der Waals surface area contributed by atoms with Crippen molar-refractivity contribution in [1.82, 2.24) is 15.3 Å². The maximum Gasteiger partial charge on any atom is 0.330 e. The molecule has 136 valence electrons. The van der Waals surface area contributed by atoms with Gasteiger partial charge in [0.15, 0.2) is 6.04 Å². The van der Waals surface area contributed by atoms with Crippen molar-refractivity contribution in [2.45, 2.75) is 25.3 Å². The van der Waals surface area contributed by atoms with Gasteiger partial charge in [-0.25, -0.2) is 14.8 Å². The molecule has 0 fully saturated rings. The summed E-state index contributed by atoms with van der Waals surface area (Å²) in [6.45, 7) is 0. The van der Waals surface area contributed by atoms with Gasteiger partial charge < -0.3 is 15.2 Å². The smallest absolute Gasteiger partial charge is 0.330 e. The monoisotopic (exact) mass is 375 g/mol. The van der Waals surface area contributed by atoms with E-state index in [4.69, 9.17) is 16.3 Å². The molecule has 0 saturated heterocycles. The van der Waals surface area contributed by atoms with Gasteiger partial charge in [0, 0.05) is 17.8 Å². The lowest BCUT2D eigenvalue weighted by Crippen LogP contribution is -2.39. The number of carbonyl (C=O) groups excluding carboxylic acids is 1. The average Bonchev–Trinajstić information content (AvgIpc) is 2.65. The van der Waals surface area contributed by atoms with Crippen LogP contribution in [0.4, 0.5) is 0 Å². The van der Waals surface area contributed by atoms with Crippen molar-refractivity contribution in [3.8, 4) is 5.75 Å². The molecule has 0 aliphatic heterocycles. The number of fused-ring (bicyclic) bond motifs is 1. The van der Waals surface area contributed by atoms with E-state index in [1.807, 2.05) is 0 Å². The van der Waals surface area contributed by atoms with E-state index in [1.165, 1.54) is 19.5 Å². The van der Waals surface area contributed by atoms with E-state index in [9.17, 15) is 14.7 Å². The van der Waals surface area contributed by atoms with Crippen molar-refractivity contribution in [3.63, 3.8) is 0 Å². The van der Waals surface area contributed by atoms with Gasteiger partial charge in [0.2, 0.25) is 5.91 Å². The zero-order valence-corrected chi connectivity index (χ0v) is 14.9. The Bertz CT molecular complexity index is 843. The normalized spacial score (nSPS) is 17.1. The van der Waals surface area contributed by atoms with E-state index in [0.717, 1.165) is 11.3 Å². The Morgan fingerprint density at radius 2 is 2.23 bits per heavy atom. The maximum atomic E-state index is 12.6. The predicted octanol–water partition coefficient (Wildman–Crippen LogP) is 2.19. The second kappa shape index (κ2) is 7.70. The number of benzene rings is 1. The number of nitrogens with zero attached hydrogens (tertiary/aromatic N) is 2. The van der Waals surface area contributed by atoms with Gasteiger partial charge in [0.1, 0.15) is 12.1 Å². The van der Waals surface area contributed by atoms with Crippen molar-refractivity contribution in [2.24, 2.45) is 5.92 Å². The van der Waals surface area contributed by atoms with E-state index in [0.29, 0.717) is 30.6 Å². The zero-order chi connectivity index (χ0) is 18.7. The molecule has 1 amide bonds. The minimum atomic E-state index is -1.18. The van der Waals surface area contributed by atoms with Crippen LogP contribution in [0.2, 0.25) is 5.02 Å². The zero-order valence-electron chi connectivity index (χ0n) is 14.1. The number of aromatic nitrogens is 2. The van der Waals surface area contributed by atoms with Gasteiger partial charge in [-0.3, -0.25) is 4.79 Å². The highest BCUT2D eigenvalue weighted by atomic mass is 35.5. The third-order valence-corrected chi connectivity index (χ3v) is 4.79. The van der Waals surface area contributed by atoms with E-state index in [1.54, 1.807) is 18.3 Å². The maximum absolute atomic E-state index is 12.6. The Labute approximate surface area is 155 Å². The van der Waals surface area contributed by atoms with Crippen LogP contribution in [0.1, 0.15) is 29.3 Å². The molecule has 2 unspecified atom stereocenters. The quantitative estimate of drug-likeness (QED) is 0.830. The first kappa shape index (κ1) is 18.1. The standard InChI is InChI=1S/C18H18ClN3O4/c1-26-15-5-3-10(7-13(15)19)16(18(24)25)22-17(23)11-2-4-14-12(6-11)8-20-9-21-14/h3,5,7-9,11,16H,2,4,6H2,1H3,(H,22,23)(H,24,25). The van der Waals surface area contributed by atoms with Crippen LogP contribution in [0.5, 0.6) is 5.75 Å². The highest BCUT2D eigenvalue weighted by Gasteiger charge is 2.30. The van der Waals surface area contributed by atoms with E-state index in [-0.39, 0.29) is 16.8 Å². The number of carbonyl (C=O) groups is 2. The van der Waals surface area contributed by atoms with Crippen LogP contribution in [0.3, 0.4) is 0 Å². The fourth-order valence-electron chi connectivity index (χ4n) is 3.09. The summed E-state index contributed by atoms with van der Waals surface area (Å²) in [5.74, 6) is -1.34. The molecule has 0 spiro atoms. The summed E-state index contributed by atoms with van der Waals surface area (Å²) in [7, 11) is 1.47. The van der Waals surface area contributed by atoms with Crippen LogP contribution in [0.15, 0.2) is 30.7 Å². The molecule has 1 aliphatic carbocycles. The number of rotatable bonds is 5. The largest absolute Gasteiger partial charge is 0.495 e. The molecular formula is C18H18ClN3O4. The fourth-order valence-corrected chi connectivity index (χ4v) is 3.36. The van der Waals surface area contributed by atoms with Gasteiger partial charge >= 0.3 is 5.97 Å². The highest BCUT2D eigenvalue weighted by Crippen LogP contribution is 2.29. The van der Waals surface area contributed by atoms with Gasteiger partial charge in [0.25, 0.3) is 0 Å². The number of hydrogen-bond donors (Lipinski definition) is 2. The summed E-state index contributed by atoms with van der Waals surface area (Å²) in [5.41, 5.74) is 2.26. The number of carboxylic acids is 1. The number of carboxylic acid groups (broad SMARTS) is 1. The number of methoxy groups -OCH3 is 1. The van der Waals surface area contributed by atoms with Gasteiger partial charge in [-0.05, 0) is 42.5 Å². The Balaban J connectivity index is 1.75. The molecule has 1 aliphatic rings. The van der Waals surface area contributed by atoms with E-state index < -0.39 is 12.0 Å². The van der Waals surface area contributed by atoms with Crippen molar-refractivity contribution < 1.29 is 19.4 Å². The lowest BCUT2D eigenvalue weighted by atomic mass is 9.86. The summed E-state index contributed by atoms with van der Waals surface area (Å²) in [5, 5.41) is 12.4. The number of aryl methyl sites for hydroxylation is 1. The first-order valence-corrected chi connectivity index (χ1v) is 8.51. The SMILES string of the molecule is COc1ccc(C(NC(=O)C2CCc3ncncc3C2)C(=O)O)cc1Cl. The topological polar surface area (TPSA) is 101 Å². The lowest BCUT2D eigenvalue weighted by molar-refractivity contribution is -0.142. The summed E-state index contributed by atoms with van der Waals surface area (Å²) < 4.78 is 5.07. The van der Waals surface area contributed by atoms with Crippen LogP contribution < -0.4 is 10.1 Å². The fraction of sp³-hybridized carbons (Fsp3) is 0.333. The molecule has 7 nitrogen and oxygen atoms in total. The van der Waals surface area contributed by atoms with Crippen LogP contribution in [0, 0.1) is 5.92 Å². The Morgan fingerprint density at radius 3 is 2.92 bits per heavy atom. The van der Waals surface area contributed by atoms with Crippen molar-refractivity contribution in [3.05, 3.63) is 52.6 Å². The Kier molecular flexibility index (Phi) is 5.37. The molecular weight excluding hydrogens is 358 g/mol. The second-order valence-electron chi connectivity index (χ2n) is 6.11. The third-order valence-electron chi connectivity index (χ3n) is 4.49. The van der Waals surface area contributed by atoms with Crippen molar-refractivity contribution in [1.29, 1.82) is 0 Å². The van der Waals surface area contributed by atoms with Crippen LogP contribution in [-0.4, -0.2) is 34.1 Å². The molecule has 0 radical (unpaired) electrons. The molecule has 1 aromatic heterocycles. The molecule has 0 bridgehead atoms. The summed E-state index contributed by atoms with van der Waals surface area (Å²) in [6, 6.07) is 3.46. The minimum Gasteiger partial charge on any atom is -0.495 e. The molecule has 1 aromatic carbocycles. The molecule has 1 heterocycles. The average molecular weight is 376 g/mol. The van der Waals surface area contributed by atoms with Crippen LogP contribution in [0.25, 0.3) is 0 Å². The Hall–Kier alpha value is -2.67. The molecule has 26 heavy (non-hydrogen) atoms. The number of amides is 1. The van der Waals surface area contributed by atoms with Gasteiger partial charge in [0.05, 0.1) is 12.1 Å². The van der Waals surface area contributed by atoms with E-state index >= 15 is 0 Å². The van der Waals surface area contributed by atoms with Crippen molar-refractivity contribution in [2.75, 3.05) is 7.11 Å². The number of nitrogens with one attached hydrogen (secondary N) is 1. The van der Waals surface area contributed by atoms with Crippen LogP contribution >= 0.6 is 11.6 Å². The molecule has 2 N–H and O–H groups in total. The molecule has 2 atom stereocenters. The van der Waals surface area contributed by atoms with Gasteiger partial charge in [-0.1, -0.05) is 17.7 Å². The third kappa shape index (κ3) is 3.77. The molecule has 8 heteroatoms. The summed E-state index contributed by atoms with van der Waals surface area (Å²) >= 11 is 6.08. The number of aliphatic carboxylic acids is 1. The molecule has 0 saturated carbocycles. The van der Waals surface area contributed by atoms with Crippen molar-refractivity contribution >= 4 is 23.5 Å². The number of ether oxygens (including phenoxy) is 1. The summed E-state index contributed by atoms with van der Waals surface area (Å²) in [6.07, 6.45) is 4.98. The second-order valence-corrected chi connectivity index (χ2v) is 6.52. The number of hydrogen-bond acceptors (Lipinski definition) is 5. The predicted molar refractivity (Wildman–Crippen MR) is 94.1 cm³/mol. The van der Waals surface area contributed by atoms with E-state index in [2.05, 4.69) is 15.3 Å². The highest BCUT2D eigenvalue weighted by molar-refractivity contribution is 6.32. The minimum absolute atomic E-state index is 0.286. The summed E-state index contributed by atoms with van der Waals surface area (Å²) in [4.78, 5) is 32.5. The first-order chi connectivity index (χ1) is 12.5. The lowest BCUT2D eigenvalue weighted by Gasteiger charge is -2.24. The first-order valence-electron chi connectivity index (χ1n) is 8.14. The van der Waals surface area contributed by atoms with Gasteiger partial charge in [-0.15, -0.1) is 0 Å². The van der Waals surface area contributed by atoms with Gasteiger partial charge in [-0.2, -0.15) is 0 Å². The number of halogens is 1. The molecule has 2 aromatic rings.